The van der Waals surface area contributed by atoms with Gasteiger partial charge in [0.2, 0.25) is 0 Å². The number of halogens is 2. The van der Waals surface area contributed by atoms with E-state index in [1.54, 1.807) is 13.0 Å². The second-order valence-electron chi connectivity index (χ2n) is 3.53. The molecule has 2 rings (SSSR count). The van der Waals surface area contributed by atoms with Gasteiger partial charge in [-0.15, -0.1) is 0 Å². The monoisotopic (exact) mass is 269 g/mol. The van der Waals surface area contributed by atoms with Crippen molar-refractivity contribution in [2.75, 3.05) is 5.32 Å². The number of benzene rings is 1. The Bertz CT molecular complexity index is 598. The molecule has 0 saturated carbocycles. The minimum Gasteiger partial charge on any atom is -0.409 e. The molecule has 0 aliphatic rings. The van der Waals surface area contributed by atoms with Crippen LogP contribution in [0.15, 0.2) is 33.9 Å². The topological polar surface area (TPSA) is 70.7 Å². The fourth-order valence-electron chi connectivity index (χ4n) is 1.33. The molecule has 2 aromatic rings. The van der Waals surface area contributed by atoms with Crippen LogP contribution in [0, 0.1) is 12.7 Å². The molecule has 0 atom stereocenters. The van der Waals surface area contributed by atoms with Crippen LogP contribution in [0.25, 0.3) is 0 Å². The smallest absolute Gasteiger partial charge is 0.199 e. The Kier molecular flexibility index (Phi) is 3.47. The molecule has 0 amide bonds. The lowest BCUT2D eigenvalue weighted by Gasteiger charge is -2.06. The Hall–Kier alpha value is -2.08. The van der Waals surface area contributed by atoms with Gasteiger partial charge in [0.1, 0.15) is 11.6 Å². The summed E-state index contributed by atoms with van der Waals surface area (Å²) in [6, 6.07) is 5.62. The molecule has 1 heterocycles. The largest absolute Gasteiger partial charge is 0.409 e. The molecular formula is C11H9ClFN3O2. The van der Waals surface area contributed by atoms with Gasteiger partial charge in [0, 0.05) is 11.8 Å². The summed E-state index contributed by atoms with van der Waals surface area (Å²) >= 11 is 5.64. The third-order valence-electron chi connectivity index (χ3n) is 2.15. The first-order chi connectivity index (χ1) is 8.60. The first-order valence-corrected chi connectivity index (χ1v) is 5.36. The minimum atomic E-state index is -0.526. The first-order valence-electron chi connectivity index (χ1n) is 4.98. The number of amidine groups is 1. The maximum atomic E-state index is 13.0. The summed E-state index contributed by atoms with van der Waals surface area (Å²) in [5, 5.41) is 18.4. The molecule has 0 bridgehead atoms. The Balaban J connectivity index is 2.23. The summed E-state index contributed by atoms with van der Waals surface area (Å²) in [6.07, 6.45) is 0. The van der Waals surface area contributed by atoms with Crippen LogP contribution >= 0.6 is 11.6 Å². The van der Waals surface area contributed by atoms with E-state index >= 15 is 0 Å². The summed E-state index contributed by atoms with van der Waals surface area (Å²) in [6.45, 7) is 1.71. The molecule has 0 radical (unpaired) electrons. The normalized spacial score (nSPS) is 11.6. The van der Waals surface area contributed by atoms with Crippen molar-refractivity contribution in [3.05, 3.63) is 46.6 Å². The standard InChI is InChI=1S/C11H9ClFN3O2/c1-6-4-10(16-18-6)11(15-17)14-7-2-3-9(13)8(12)5-7/h2-5,17H,1H3,(H,14,15). The van der Waals surface area contributed by atoms with Crippen LogP contribution in [0.3, 0.4) is 0 Å². The summed E-state index contributed by atoms with van der Waals surface area (Å²) in [4.78, 5) is 0. The Labute approximate surface area is 107 Å². The van der Waals surface area contributed by atoms with Gasteiger partial charge >= 0.3 is 0 Å². The summed E-state index contributed by atoms with van der Waals surface area (Å²) in [5.74, 6) is 0.126. The van der Waals surface area contributed by atoms with Crippen LogP contribution in [0.5, 0.6) is 0 Å². The summed E-state index contributed by atoms with van der Waals surface area (Å²) in [5.41, 5.74) is 0.797. The van der Waals surface area contributed by atoms with Gasteiger partial charge in [0.25, 0.3) is 0 Å². The van der Waals surface area contributed by atoms with Crippen molar-refractivity contribution in [3.8, 4) is 0 Å². The highest BCUT2D eigenvalue weighted by molar-refractivity contribution is 6.31. The fourth-order valence-corrected chi connectivity index (χ4v) is 1.51. The SMILES string of the molecule is Cc1cc(/C(=N\O)Nc2ccc(F)c(Cl)c2)no1. The van der Waals surface area contributed by atoms with E-state index in [1.165, 1.54) is 18.2 Å². The van der Waals surface area contributed by atoms with E-state index in [0.29, 0.717) is 17.1 Å². The molecule has 0 unspecified atom stereocenters. The fraction of sp³-hybridized carbons (Fsp3) is 0.0909. The van der Waals surface area contributed by atoms with Crippen LogP contribution in [0.1, 0.15) is 11.5 Å². The van der Waals surface area contributed by atoms with E-state index in [1.807, 2.05) is 0 Å². The molecule has 5 nitrogen and oxygen atoms in total. The lowest BCUT2D eigenvalue weighted by Crippen LogP contribution is -2.14. The third-order valence-corrected chi connectivity index (χ3v) is 2.44. The lowest BCUT2D eigenvalue weighted by atomic mass is 10.3. The number of anilines is 1. The molecule has 0 aliphatic carbocycles. The molecule has 0 fully saturated rings. The highest BCUT2D eigenvalue weighted by Crippen LogP contribution is 2.20. The number of nitrogens with zero attached hydrogens (tertiary/aromatic N) is 2. The van der Waals surface area contributed by atoms with E-state index < -0.39 is 5.82 Å². The van der Waals surface area contributed by atoms with E-state index in [9.17, 15) is 4.39 Å². The van der Waals surface area contributed by atoms with Crippen LogP contribution < -0.4 is 5.32 Å². The number of rotatable bonds is 2. The molecule has 1 aromatic carbocycles. The summed E-state index contributed by atoms with van der Waals surface area (Å²) in [7, 11) is 0. The summed E-state index contributed by atoms with van der Waals surface area (Å²) < 4.78 is 17.8. The Morgan fingerprint density at radius 3 is 2.83 bits per heavy atom. The quantitative estimate of drug-likeness (QED) is 0.380. The highest BCUT2D eigenvalue weighted by Gasteiger charge is 2.11. The Morgan fingerprint density at radius 2 is 2.28 bits per heavy atom. The predicted octanol–water partition coefficient (Wildman–Crippen LogP) is 3.02. The van der Waals surface area contributed by atoms with Gasteiger partial charge in [0.15, 0.2) is 11.5 Å². The van der Waals surface area contributed by atoms with Gasteiger partial charge < -0.3 is 15.0 Å². The van der Waals surface area contributed by atoms with Gasteiger partial charge in [-0.05, 0) is 25.1 Å². The van der Waals surface area contributed by atoms with E-state index in [-0.39, 0.29) is 10.9 Å². The molecule has 7 heteroatoms. The van der Waals surface area contributed by atoms with Crippen LogP contribution in [-0.4, -0.2) is 16.2 Å². The average molecular weight is 270 g/mol. The number of hydrogen-bond acceptors (Lipinski definition) is 4. The minimum absolute atomic E-state index is 0.0337. The zero-order valence-corrected chi connectivity index (χ0v) is 10.1. The second kappa shape index (κ2) is 5.05. The number of aromatic nitrogens is 1. The van der Waals surface area contributed by atoms with Crippen molar-refractivity contribution in [3.63, 3.8) is 0 Å². The zero-order chi connectivity index (χ0) is 13.1. The first kappa shape index (κ1) is 12.4. The molecule has 0 aliphatic heterocycles. The van der Waals surface area contributed by atoms with E-state index in [0.717, 1.165) is 0 Å². The van der Waals surface area contributed by atoms with E-state index in [2.05, 4.69) is 15.6 Å². The molecule has 2 N–H and O–H groups in total. The van der Waals surface area contributed by atoms with Crippen molar-refractivity contribution in [1.29, 1.82) is 0 Å². The Morgan fingerprint density at radius 1 is 1.50 bits per heavy atom. The number of hydrogen-bond donors (Lipinski definition) is 2. The molecule has 18 heavy (non-hydrogen) atoms. The van der Waals surface area contributed by atoms with Crippen molar-refractivity contribution >= 4 is 23.1 Å². The van der Waals surface area contributed by atoms with Crippen molar-refractivity contribution < 1.29 is 14.1 Å². The van der Waals surface area contributed by atoms with Gasteiger partial charge in [-0.3, -0.25) is 0 Å². The van der Waals surface area contributed by atoms with Gasteiger partial charge in [-0.1, -0.05) is 21.9 Å². The van der Waals surface area contributed by atoms with Gasteiger partial charge in [-0.25, -0.2) is 4.39 Å². The van der Waals surface area contributed by atoms with Crippen molar-refractivity contribution in [2.24, 2.45) is 5.16 Å². The molecule has 0 spiro atoms. The zero-order valence-electron chi connectivity index (χ0n) is 9.32. The maximum absolute atomic E-state index is 13.0. The van der Waals surface area contributed by atoms with Crippen molar-refractivity contribution in [2.45, 2.75) is 6.92 Å². The van der Waals surface area contributed by atoms with Crippen LogP contribution in [0.4, 0.5) is 10.1 Å². The third kappa shape index (κ3) is 2.60. The van der Waals surface area contributed by atoms with Gasteiger partial charge in [-0.2, -0.15) is 0 Å². The molecular weight excluding hydrogens is 261 g/mol. The highest BCUT2D eigenvalue weighted by atomic mass is 35.5. The average Bonchev–Trinajstić information content (AvgIpc) is 2.77. The molecule has 0 saturated heterocycles. The van der Waals surface area contributed by atoms with Crippen molar-refractivity contribution in [1.82, 2.24) is 5.16 Å². The van der Waals surface area contributed by atoms with E-state index in [4.69, 9.17) is 21.3 Å². The number of nitrogens with one attached hydrogen (secondary N) is 1. The molecule has 1 aromatic heterocycles. The number of aryl methyl sites for hydroxylation is 1. The van der Waals surface area contributed by atoms with Crippen LogP contribution in [-0.2, 0) is 0 Å². The maximum Gasteiger partial charge on any atom is 0.199 e. The van der Waals surface area contributed by atoms with Gasteiger partial charge in [0.05, 0.1) is 5.02 Å². The van der Waals surface area contributed by atoms with Crippen LogP contribution in [0.2, 0.25) is 5.02 Å². The predicted molar refractivity (Wildman–Crippen MR) is 64.6 cm³/mol. The molecule has 94 valence electrons. The lowest BCUT2D eigenvalue weighted by molar-refractivity contribution is 0.318. The second-order valence-corrected chi connectivity index (χ2v) is 3.93. The number of oxime groups is 1.